The highest BCUT2D eigenvalue weighted by Gasteiger charge is 2.20. The Balaban J connectivity index is 0.000000395. The van der Waals surface area contributed by atoms with Crippen molar-refractivity contribution in [1.82, 2.24) is 4.90 Å². The van der Waals surface area contributed by atoms with Gasteiger partial charge in [-0.3, -0.25) is 0 Å². The maximum atomic E-state index is 12.6. The number of carbonyl (C=O) groups is 1. The van der Waals surface area contributed by atoms with Gasteiger partial charge in [0, 0.05) is 13.0 Å². The van der Waals surface area contributed by atoms with Gasteiger partial charge in [-0.15, -0.1) is 0 Å². The third kappa shape index (κ3) is 8.88. The van der Waals surface area contributed by atoms with Crippen molar-refractivity contribution in [2.24, 2.45) is 0 Å². The minimum Gasteiger partial charge on any atom is -0.496 e. The van der Waals surface area contributed by atoms with E-state index >= 15 is 0 Å². The number of methoxy groups -OCH3 is 1. The molecular weight excluding hydrogens is 497 g/mol. The summed E-state index contributed by atoms with van der Waals surface area (Å²) in [6.07, 6.45) is 7.47. The van der Waals surface area contributed by atoms with Crippen molar-refractivity contribution in [3.8, 4) is 0 Å². The Morgan fingerprint density at radius 3 is 2.49 bits per heavy atom. The Morgan fingerprint density at radius 2 is 1.85 bits per heavy atom. The van der Waals surface area contributed by atoms with Gasteiger partial charge in [0.25, 0.3) is 0 Å². The van der Waals surface area contributed by atoms with Crippen molar-refractivity contribution in [3.63, 3.8) is 0 Å². The molecule has 2 unspecified atom stereocenters. The molecule has 2 aromatic rings. The maximum absolute atomic E-state index is 12.6. The molecule has 0 spiro atoms. The molecule has 7 heteroatoms. The number of rotatable bonds is 9. The van der Waals surface area contributed by atoms with Crippen LogP contribution < -0.4 is 0 Å². The molecule has 1 aliphatic carbocycles. The molecule has 2 atom stereocenters. The second-order valence-electron chi connectivity index (χ2n) is 10.0. The fraction of sp³-hybridized carbons (Fsp3) is 0.406. The predicted octanol–water partition coefficient (Wildman–Crippen LogP) is 5.99. The summed E-state index contributed by atoms with van der Waals surface area (Å²) < 4.78 is 23.9. The van der Waals surface area contributed by atoms with E-state index in [2.05, 4.69) is 4.90 Å². The Labute approximate surface area is 231 Å². The number of carboxylic acids is 1. The van der Waals surface area contributed by atoms with E-state index in [9.17, 15) is 19.4 Å². The number of likely N-dealkylation sites (tertiary alicyclic amines) is 1. The fourth-order valence-electron chi connectivity index (χ4n) is 4.70. The van der Waals surface area contributed by atoms with Crippen molar-refractivity contribution < 1.29 is 28.9 Å². The molecule has 1 aliphatic heterocycles. The van der Waals surface area contributed by atoms with E-state index in [4.69, 9.17) is 9.47 Å². The average Bonchev–Trinajstić information content (AvgIpc) is 3.32. The van der Waals surface area contributed by atoms with Gasteiger partial charge in [-0.1, -0.05) is 48.6 Å². The first-order valence-corrected chi connectivity index (χ1v) is 13.4. The number of hydrogen-bond donors (Lipinski definition) is 2. The van der Waals surface area contributed by atoms with Gasteiger partial charge in [0.15, 0.2) is 0 Å². The second-order valence-corrected chi connectivity index (χ2v) is 10.0. The minimum absolute atomic E-state index is 0.116. The number of hydrogen-bond acceptors (Lipinski definition) is 5. The Hall–Kier alpha value is -3.26. The molecule has 0 radical (unpaired) electrons. The first-order chi connectivity index (χ1) is 18.7. The first-order valence-electron chi connectivity index (χ1n) is 13.4. The van der Waals surface area contributed by atoms with Gasteiger partial charge in [-0.25, -0.2) is 9.18 Å². The highest BCUT2D eigenvalue weighted by Crippen LogP contribution is 2.31. The first kappa shape index (κ1) is 30.3. The summed E-state index contributed by atoms with van der Waals surface area (Å²) in [5.74, 6) is -0.743. The average molecular weight is 538 g/mol. The molecule has 1 saturated heterocycles. The van der Waals surface area contributed by atoms with E-state index in [-0.39, 0.29) is 24.1 Å². The zero-order valence-corrected chi connectivity index (χ0v) is 23.3. The highest BCUT2D eigenvalue weighted by molar-refractivity contribution is 5.90. The number of ether oxygens (including phenoxy) is 2. The molecule has 6 nitrogen and oxygen atoms in total. The molecule has 0 amide bonds. The number of carboxylic acid groups (broad SMARTS) is 1. The minimum atomic E-state index is -0.981. The highest BCUT2D eigenvalue weighted by atomic mass is 19.1. The van der Waals surface area contributed by atoms with Gasteiger partial charge >= 0.3 is 5.97 Å². The van der Waals surface area contributed by atoms with Crippen molar-refractivity contribution in [2.45, 2.75) is 52.2 Å². The standard InChI is InChI=1S/C24H31NO5.C8H9F/c1-17(30-16-19(26)15-25-12-5-6-13-25)20-9-3-4-10-21(20)18-8-7-11-22(24(27)28)23(14-18)29-2;1-6-3-4-7(2)8(9)5-6/h3-4,7-10,14,17,19,26H,5-6,11-13,15-16H2,1-2H3,(H,27,28);3-5H,1-2H3. The monoisotopic (exact) mass is 537 g/mol. The smallest absolute Gasteiger partial charge is 0.335 e. The topological polar surface area (TPSA) is 79.2 Å². The van der Waals surface area contributed by atoms with Crippen LogP contribution in [0.5, 0.6) is 0 Å². The number of aliphatic carboxylic acids is 1. The van der Waals surface area contributed by atoms with Crippen molar-refractivity contribution in [2.75, 3.05) is 33.4 Å². The summed E-state index contributed by atoms with van der Waals surface area (Å²) in [5.41, 5.74) is 4.72. The lowest BCUT2D eigenvalue weighted by atomic mass is 9.96. The molecule has 2 N–H and O–H groups in total. The van der Waals surface area contributed by atoms with Gasteiger partial charge in [0.2, 0.25) is 0 Å². The number of aliphatic hydroxyl groups is 1. The summed E-state index contributed by atoms with van der Waals surface area (Å²) in [5, 5.41) is 19.8. The van der Waals surface area contributed by atoms with Gasteiger partial charge in [0.05, 0.1) is 31.5 Å². The van der Waals surface area contributed by atoms with Crippen molar-refractivity contribution in [1.29, 1.82) is 0 Å². The molecule has 0 bridgehead atoms. The van der Waals surface area contributed by atoms with Gasteiger partial charge in [-0.05, 0) is 86.7 Å². The molecule has 2 aromatic carbocycles. The number of aryl methyl sites for hydroxylation is 2. The zero-order chi connectivity index (χ0) is 28.4. The Bertz CT molecular complexity index is 1210. The van der Waals surface area contributed by atoms with E-state index in [1.165, 1.54) is 26.0 Å². The third-order valence-electron chi connectivity index (χ3n) is 6.92. The number of β-amino-alcohol motifs (C(OH)–C–C–N with tert-alkyl or cyclic N) is 1. The number of benzene rings is 2. The quantitative estimate of drug-likeness (QED) is 0.409. The summed E-state index contributed by atoms with van der Waals surface area (Å²) in [6.45, 7) is 8.61. The van der Waals surface area contributed by atoms with E-state index in [1.807, 2.05) is 56.3 Å². The van der Waals surface area contributed by atoms with E-state index in [1.54, 1.807) is 19.1 Å². The number of halogens is 1. The van der Waals surface area contributed by atoms with Crippen LogP contribution in [0.1, 0.15) is 54.5 Å². The molecule has 2 aliphatic rings. The number of allylic oxidation sites excluding steroid dienone is 4. The number of aliphatic hydroxyl groups excluding tert-OH is 1. The summed E-state index contributed by atoms with van der Waals surface area (Å²) in [7, 11) is 1.48. The van der Waals surface area contributed by atoms with Crippen LogP contribution in [0, 0.1) is 19.7 Å². The van der Waals surface area contributed by atoms with Crippen LogP contribution in [-0.4, -0.2) is 60.5 Å². The molecule has 0 aromatic heterocycles. The van der Waals surface area contributed by atoms with E-state index in [0.717, 1.165) is 35.4 Å². The normalized spacial score (nSPS) is 17.1. The van der Waals surface area contributed by atoms with Crippen LogP contribution in [0.25, 0.3) is 5.57 Å². The van der Waals surface area contributed by atoms with E-state index in [0.29, 0.717) is 24.3 Å². The van der Waals surface area contributed by atoms with Crippen LogP contribution in [-0.2, 0) is 14.3 Å². The molecule has 1 fully saturated rings. The molecule has 0 saturated carbocycles. The van der Waals surface area contributed by atoms with Crippen LogP contribution in [0.4, 0.5) is 4.39 Å². The van der Waals surface area contributed by atoms with Crippen molar-refractivity contribution >= 4 is 11.5 Å². The third-order valence-corrected chi connectivity index (χ3v) is 6.92. The van der Waals surface area contributed by atoms with Gasteiger partial charge in [-0.2, -0.15) is 0 Å². The molecule has 4 rings (SSSR count). The van der Waals surface area contributed by atoms with Crippen LogP contribution in [0.3, 0.4) is 0 Å². The molecule has 1 heterocycles. The van der Waals surface area contributed by atoms with Gasteiger partial charge in [0.1, 0.15) is 11.6 Å². The maximum Gasteiger partial charge on any atom is 0.335 e. The molecular formula is C32H40FNO5. The fourth-order valence-corrected chi connectivity index (χ4v) is 4.70. The molecule has 210 valence electrons. The van der Waals surface area contributed by atoms with Crippen LogP contribution in [0.2, 0.25) is 0 Å². The zero-order valence-electron chi connectivity index (χ0n) is 23.3. The SMILES string of the molecule is COC1=C(C(=O)O)CC=CC(c2ccccc2C(C)OCC(O)CN2CCCC2)=C1.Cc1ccc(C)c(F)c1. The largest absolute Gasteiger partial charge is 0.496 e. The van der Waals surface area contributed by atoms with Gasteiger partial charge < -0.3 is 24.6 Å². The lowest BCUT2D eigenvalue weighted by molar-refractivity contribution is -0.132. The summed E-state index contributed by atoms with van der Waals surface area (Å²) >= 11 is 0. The molecule has 39 heavy (non-hydrogen) atoms. The van der Waals surface area contributed by atoms with Crippen LogP contribution >= 0.6 is 0 Å². The predicted molar refractivity (Wildman–Crippen MR) is 152 cm³/mol. The lowest BCUT2D eigenvalue weighted by Crippen LogP contribution is -2.33. The number of nitrogens with zero attached hydrogens (tertiary/aromatic N) is 1. The second kappa shape index (κ2) is 14.8. The van der Waals surface area contributed by atoms with E-state index < -0.39 is 12.1 Å². The lowest BCUT2D eigenvalue weighted by Gasteiger charge is -2.22. The summed E-state index contributed by atoms with van der Waals surface area (Å²) in [4.78, 5) is 13.8. The van der Waals surface area contributed by atoms with Crippen molar-refractivity contribution in [3.05, 3.63) is 100 Å². The Kier molecular flexibility index (Phi) is 11.5. The van der Waals surface area contributed by atoms with Crippen LogP contribution in [0.15, 0.2) is 72.0 Å². The Morgan fingerprint density at radius 1 is 1.13 bits per heavy atom. The summed E-state index contributed by atoms with van der Waals surface area (Å²) in [6, 6.07) is 13.1.